The number of rotatable bonds is 3. The first-order chi connectivity index (χ1) is 12.1. The Balaban J connectivity index is 1.94. The maximum Gasteiger partial charge on any atom is 0.387 e. The van der Waals surface area contributed by atoms with Gasteiger partial charge in [0.25, 0.3) is 5.56 Å². The van der Waals surface area contributed by atoms with Crippen molar-refractivity contribution >= 4 is 26.8 Å². The number of hydrogen-bond donors (Lipinski definition) is 0. The molecule has 0 aliphatic carbocycles. The molecule has 25 heavy (non-hydrogen) atoms. The van der Waals surface area contributed by atoms with Crippen molar-refractivity contribution in [3.63, 3.8) is 0 Å². The van der Waals surface area contributed by atoms with Crippen LogP contribution in [0.1, 0.15) is 24.4 Å². The number of aromatic nitrogens is 2. The van der Waals surface area contributed by atoms with Gasteiger partial charge >= 0.3 is 6.61 Å². The topological polar surface area (TPSA) is 36.2 Å². The van der Waals surface area contributed by atoms with Gasteiger partial charge in [0.2, 0.25) is 0 Å². The van der Waals surface area contributed by atoms with Crippen LogP contribution in [0.15, 0.2) is 51.7 Å². The highest BCUT2D eigenvalue weighted by Gasteiger charge is 2.28. The molecule has 0 spiro atoms. The van der Waals surface area contributed by atoms with Crippen molar-refractivity contribution in [2.24, 2.45) is 0 Å². The Kier molecular flexibility index (Phi) is 4.11. The van der Waals surface area contributed by atoms with Gasteiger partial charge in [-0.2, -0.15) is 8.78 Å². The van der Waals surface area contributed by atoms with E-state index < -0.39 is 6.61 Å². The highest BCUT2D eigenvalue weighted by atomic mass is 79.9. The van der Waals surface area contributed by atoms with Crippen LogP contribution in [0.4, 0.5) is 8.78 Å². The average molecular weight is 409 g/mol. The Morgan fingerprint density at radius 3 is 2.80 bits per heavy atom. The van der Waals surface area contributed by atoms with Crippen molar-refractivity contribution < 1.29 is 13.5 Å². The van der Waals surface area contributed by atoms with E-state index in [0.717, 1.165) is 22.8 Å². The van der Waals surface area contributed by atoms with E-state index in [1.807, 2.05) is 16.8 Å². The lowest BCUT2D eigenvalue weighted by Gasteiger charge is -2.29. The summed E-state index contributed by atoms with van der Waals surface area (Å²) in [6.07, 6.45) is 1.55. The molecule has 0 bridgehead atoms. The minimum atomic E-state index is -2.89. The molecule has 0 amide bonds. The average Bonchev–Trinajstić information content (AvgIpc) is 2.87. The second-order valence-corrected chi connectivity index (χ2v) is 6.92. The molecule has 0 radical (unpaired) electrons. The molecular formula is C18H15BrF2N2O2. The Labute approximate surface area is 150 Å². The van der Waals surface area contributed by atoms with E-state index in [1.54, 1.807) is 35.0 Å². The lowest BCUT2D eigenvalue weighted by atomic mass is 9.99. The van der Waals surface area contributed by atoms with Crippen LogP contribution < -0.4 is 10.3 Å². The van der Waals surface area contributed by atoms with Gasteiger partial charge in [-0.05, 0) is 37.1 Å². The predicted molar refractivity (Wildman–Crippen MR) is 94.3 cm³/mol. The van der Waals surface area contributed by atoms with Gasteiger partial charge in [-0.15, -0.1) is 0 Å². The number of alkyl halides is 2. The standard InChI is InChI=1S/C18H15BrF2N2O2/c19-11-7-8-13-15(10-11)23-14(5-3-9-22(23)17(13)24)12-4-1-2-6-16(12)25-18(20)21/h1-2,4,6-8,10,14,18H,3,5,9H2. The molecule has 1 aliphatic rings. The van der Waals surface area contributed by atoms with E-state index in [4.69, 9.17) is 4.74 Å². The van der Waals surface area contributed by atoms with Crippen LogP contribution in [0.2, 0.25) is 0 Å². The third kappa shape index (κ3) is 2.76. The van der Waals surface area contributed by atoms with Crippen LogP contribution in [0.25, 0.3) is 10.9 Å². The molecule has 0 saturated carbocycles. The van der Waals surface area contributed by atoms with Crippen molar-refractivity contribution in [3.05, 3.63) is 62.9 Å². The fraction of sp³-hybridized carbons (Fsp3) is 0.278. The Hall–Kier alpha value is -2.15. The molecule has 2 heterocycles. The van der Waals surface area contributed by atoms with E-state index in [2.05, 4.69) is 15.9 Å². The van der Waals surface area contributed by atoms with Crippen LogP contribution in [0, 0.1) is 0 Å². The summed E-state index contributed by atoms with van der Waals surface area (Å²) in [5, 5.41) is 0.627. The molecule has 0 fully saturated rings. The largest absolute Gasteiger partial charge is 0.434 e. The summed E-state index contributed by atoms with van der Waals surface area (Å²) >= 11 is 3.44. The first kappa shape index (κ1) is 16.3. The van der Waals surface area contributed by atoms with E-state index >= 15 is 0 Å². The SMILES string of the molecule is O=c1c2ccc(Br)cc2n2n1CCCC2c1ccccc1OC(F)F. The summed E-state index contributed by atoms with van der Waals surface area (Å²) in [6.45, 7) is -2.28. The van der Waals surface area contributed by atoms with E-state index in [9.17, 15) is 13.6 Å². The van der Waals surface area contributed by atoms with E-state index in [1.165, 1.54) is 0 Å². The highest BCUT2D eigenvalue weighted by Crippen LogP contribution is 2.36. The van der Waals surface area contributed by atoms with Gasteiger partial charge in [-0.3, -0.25) is 9.48 Å². The van der Waals surface area contributed by atoms with Crippen LogP contribution in [0.5, 0.6) is 5.75 Å². The Bertz CT molecular complexity index is 996. The van der Waals surface area contributed by atoms with Crippen molar-refractivity contribution in [2.75, 3.05) is 0 Å². The number of ether oxygens (including phenoxy) is 1. The van der Waals surface area contributed by atoms with Crippen molar-refractivity contribution in [1.82, 2.24) is 9.36 Å². The lowest BCUT2D eigenvalue weighted by molar-refractivity contribution is -0.0508. The first-order valence-electron chi connectivity index (χ1n) is 8.00. The van der Waals surface area contributed by atoms with E-state index in [0.29, 0.717) is 17.5 Å². The molecule has 2 aromatic carbocycles. The molecule has 0 saturated heterocycles. The van der Waals surface area contributed by atoms with Crippen molar-refractivity contribution in [2.45, 2.75) is 32.0 Å². The minimum absolute atomic E-state index is 0.0561. The third-order valence-electron chi connectivity index (χ3n) is 4.57. The lowest BCUT2D eigenvalue weighted by Crippen LogP contribution is -2.31. The number of para-hydroxylation sites is 1. The van der Waals surface area contributed by atoms with Gasteiger partial charge in [0, 0.05) is 16.6 Å². The third-order valence-corrected chi connectivity index (χ3v) is 5.06. The van der Waals surface area contributed by atoms with Crippen LogP contribution in [0.3, 0.4) is 0 Å². The molecule has 130 valence electrons. The quantitative estimate of drug-likeness (QED) is 0.637. The maximum atomic E-state index is 12.8. The molecule has 1 unspecified atom stereocenters. The van der Waals surface area contributed by atoms with Crippen molar-refractivity contribution in [3.8, 4) is 5.75 Å². The molecule has 1 aliphatic heterocycles. The minimum Gasteiger partial charge on any atom is -0.434 e. The zero-order valence-electron chi connectivity index (χ0n) is 13.2. The molecule has 4 nitrogen and oxygen atoms in total. The number of halogens is 3. The predicted octanol–water partition coefficient (Wildman–Crippen LogP) is 4.55. The van der Waals surface area contributed by atoms with Crippen LogP contribution >= 0.6 is 15.9 Å². The fourth-order valence-electron chi connectivity index (χ4n) is 3.59. The molecule has 1 aromatic heterocycles. The summed E-state index contributed by atoms with van der Waals surface area (Å²) < 4.78 is 34.8. The number of nitrogens with zero attached hydrogens (tertiary/aromatic N) is 2. The van der Waals surface area contributed by atoms with Crippen molar-refractivity contribution in [1.29, 1.82) is 0 Å². The molecule has 0 N–H and O–H groups in total. The van der Waals surface area contributed by atoms with Gasteiger partial charge in [0.15, 0.2) is 0 Å². The van der Waals surface area contributed by atoms with Gasteiger partial charge < -0.3 is 4.74 Å². The Morgan fingerprint density at radius 2 is 2.00 bits per heavy atom. The zero-order chi connectivity index (χ0) is 17.6. The van der Waals surface area contributed by atoms with Crippen LogP contribution in [-0.4, -0.2) is 16.0 Å². The first-order valence-corrected chi connectivity index (χ1v) is 8.80. The maximum absolute atomic E-state index is 12.8. The normalized spacial score (nSPS) is 17.0. The summed E-state index contributed by atoms with van der Waals surface area (Å²) in [4.78, 5) is 12.7. The fourth-order valence-corrected chi connectivity index (χ4v) is 3.94. The number of benzene rings is 2. The summed E-state index contributed by atoms with van der Waals surface area (Å²) in [5.74, 6) is 0.153. The summed E-state index contributed by atoms with van der Waals surface area (Å²) in [7, 11) is 0. The van der Waals surface area contributed by atoms with Crippen LogP contribution in [-0.2, 0) is 6.54 Å². The molecule has 3 aromatic rings. The van der Waals surface area contributed by atoms with E-state index in [-0.39, 0.29) is 17.4 Å². The van der Waals surface area contributed by atoms with Gasteiger partial charge in [0.1, 0.15) is 5.75 Å². The van der Waals surface area contributed by atoms with Gasteiger partial charge in [-0.1, -0.05) is 34.1 Å². The number of hydrogen-bond acceptors (Lipinski definition) is 2. The molecule has 1 atom stereocenters. The van der Waals surface area contributed by atoms with Gasteiger partial charge in [-0.25, -0.2) is 4.68 Å². The number of fused-ring (bicyclic) bond motifs is 3. The monoisotopic (exact) mass is 408 g/mol. The summed E-state index contributed by atoms with van der Waals surface area (Å²) in [5.41, 5.74) is 1.39. The summed E-state index contributed by atoms with van der Waals surface area (Å²) in [6, 6.07) is 12.1. The zero-order valence-corrected chi connectivity index (χ0v) is 14.7. The molecule has 7 heteroatoms. The second-order valence-electron chi connectivity index (χ2n) is 6.01. The molecular weight excluding hydrogens is 394 g/mol. The molecule has 4 rings (SSSR count). The Morgan fingerprint density at radius 1 is 1.20 bits per heavy atom. The smallest absolute Gasteiger partial charge is 0.387 e. The van der Waals surface area contributed by atoms with Gasteiger partial charge in [0.05, 0.1) is 16.9 Å². The second kappa shape index (κ2) is 6.29. The highest BCUT2D eigenvalue weighted by molar-refractivity contribution is 9.10.